The van der Waals surface area contributed by atoms with Gasteiger partial charge in [-0.3, -0.25) is 78.3 Å². The van der Waals surface area contributed by atoms with E-state index in [0.29, 0.717) is 116 Å². The summed E-state index contributed by atoms with van der Waals surface area (Å²) in [6, 6.07) is 0. The van der Waals surface area contributed by atoms with E-state index in [1.54, 1.807) is 0 Å². The van der Waals surface area contributed by atoms with E-state index in [2.05, 4.69) is 39.9 Å². The van der Waals surface area contributed by atoms with Gasteiger partial charge >= 0.3 is 47.8 Å². The predicted octanol–water partition coefficient (Wildman–Crippen LogP) is -2.32. The Morgan fingerprint density at radius 2 is 0.387 bits per heavy atom. The Bertz CT molecular complexity index is 2810. The lowest BCUT2D eigenvalue weighted by Gasteiger charge is -2.48. The van der Waals surface area contributed by atoms with Crippen LogP contribution in [0.3, 0.4) is 0 Å². The summed E-state index contributed by atoms with van der Waals surface area (Å²) in [7, 11) is 0. The SMILES string of the molecule is NC(N)=NCCCCCC(=O)OC[C@H]1O[C@H](O[C@H]2O[C@H](COC(=O)CCCCCN=C(N)N)[C@@H](OC(=O)CCCCCN=C(N)N)[C@H](OC(=O)CCCCCN=C(N)N)[C@H]2OC(=O)CCCCCN=C(N)N)[C@H](OC(=O)CCCCCN=C(N)N)[C@@H](OC(=O)CCCCCN=C(N)N)[C@@H]1OC(=O)CCCCCN=C(N)N. The summed E-state index contributed by atoms with van der Waals surface area (Å²) in [5, 5.41) is 0. The summed E-state index contributed by atoms with van der Waals surface area (Å²) < 4.78 is 70.0. The first-order valence-corrected chi connectivity index (χ1v) is 37.9. The van der Waals surface area contributed by atoms with E-state index in [4.69, 9.17) is 144 Å². The van der Waals surface area contributed by atoms with Crippen LogP contribution in [-0.4, -0.2) is 222 Å². The fourth-order valence-electron chi connectivity index (χ4n) is 11.1. The van der Waals surface area contributed by atoms with E-state index in [-0.39, 0.29) is 190 Å². The maximum atomic E-state index is 14.6. The van der Waals surface area contributed by atoms with Gasteiger partial charge in [0.2, 0.25) is 12.6 Å². The normalized spacial score (nSPS) is 19.0. The van der Waals surface area contributed by atoms with Gasteiger partial charge in [-0.1, -0.05) is 51.4 Å². The number of carbonyl (C=O) groups excluding carboxylic acids is 8. The van der Waals surface area contributed by atoms with Crippen LogP contribution in [0.1, 0.15) is 205 Å². The number of carbonyl (C=O) groups is 8. The maximum Gasteiger partial charge on any atom is 0.306 e. The summed E-state index contributed by atoms with van der Waals surface area (Å²) >= 11 is 0. The molecule has 0 aliphatic carbocycles. The van der Waals surface area contributed by atoms with Crippen LogP contribution in [0.2, 0.25) is 0 Å². The van der Waals surface area contributed by atoms with Gasteiger partial charge in [0.15, 0.2) is 84.3 Å². The Kier molecular flexibility index (Phi) is 51.3. The molecular formula is C68H126N24O19. The molecule has 632 valence electrons. The molecule has 0 saturated carbocycles. The standard InChI is InChI=1S/C68H126N24O19/c69-61(70)85-33-17-1-9-25-45(93)101-41-43-53(105-47(95)27-11-3-19-35-87-63(73)74)55(107-49(97)29-13-5-21-37-89-65(77)78)57(109-51(99)31-15-7-23-39-91-67(81)82)59(103-43)111-60-58(110-52(100)32-16-8-24-40-92-68(83)84)56(108-50(98)30-14-6-22-38-90-66(79)80)54(106-48(96)28-12-4-20-36-88-64(75)76)44(104-60)42-102-46(94)26-10-2-18-34-86-62(71)72/h43-44,53-60H,1-42H2,(H4,69,70,85)(H4,71,72,86)(H4,73,74,87)(H4,75,76,88)(H4,77,78,89)(H4,79,80,90)(H4,81,82,91)(H4,83,84,92)/t43-,44-,53-,54-,55+,56+,57-,58-,59-,60-/m1/s1. The van der Waals surface area contributed by atoms with Crippen LogP contribution < -0.4 is 91.7 Å². The van der Waals surface area contributed by atoms with Gasteiger partial charge in [0.1, 0.15) is 25.4 Å². The average Bonchev–Trinajstić information content (AvgIpc) is 0.766. The number of unbranched alkanes of at least 4 members (excludes halogenated alkanes) is 16. The van der Waals surface area contributed by atoms with Gasteiger partial charge in [0, 0.05) is 104 Å². The monoisotopic (exact) mass is 1580 g/mol. The van der Waals surface area contributed by atoms with Crippen molar-refractivity contribution in [2.75, 3.05) is 65.6 Å². The second-order valence-corrected chi connectivity index (χ2v) is 26.3. The molecule has 111 heavy (non-hydrogen) atoms. The third-order valence-electron chi connectivity index (χ3n) is 16.5. The highest BCUT2D eigenvalue weighted by molar-refractivity contribution is 5.79. The fraction of sp³-hybridized carbons (Fsp3) is 0.765. The summed E-state index contributed by atoms with van der Waals surface area (Å²) in [5.74, 6) is -8.05. The summed E-state index contributed by atoms with van der Waals surface area (Å²) in [4.78, 5) is 147. The minimum atomic E-state index is -2.14. The third-order valence-corrected chi connectivity index (χ3v) is 16.5. The van der Waals surface area contributed by atoms with Gasteiger partial charge < -0.3 is 144 Å². The van der Waals surface area contributed by atoms with Gasteiger partial charge in [-0.15, -0.1) is 0 Å². The van der Waals surface area contributed by atoms with Crippen molar-refractivity contribution in [3.8, 4) is 0 Å². The first kappa shape index (κ1) is 96.9. The first-order chi connectivity index (χ1) is 53.0. The van der Waals surface area contributed by atoms with Crippen molar-refractivity contribution in [3.05, 3.63) is 0 Å². The van der Waals surface area contributed by atoms with Crippen LogP contribution in [0.4, 0.5) is 0 Å². The van der Waals surface area contributed by atoms with Gasteiger partial charge in [-0.25, -0.2) is 0 Å². The number of hydrogen-bond donors (Lipinski definition) is 16. The Morgan fingerprint density at radius 1 is 0.216 bits per heavy atom. The van der Waals surface area contributed by atoms with Crippen LogP contribution in [0.25, 0.3) is 0 Å². The van der Waals surface area contributed by atoms with Crippen molar-refractivity contribution in [2.24, 2.45) is 132 Å². The van der Waals surface area contributed by atoms with Gasteiger partial charge in [0.05, 0.1) is 0 Å². The van der Waals surface area contributed by atoms with Crippen LogP contribution >= 0.6 is 0 Å². The molecule has 0 aromatic rings. The molecule has 0 aromatic carbocycles. The first-order valence-electron chi connectivity index (χ1n) is 37.9. The summed E-state index contributed by atoms with van der Waals surface area (Å²) in [6.07, 6.45) is -12.4. The average molecular weight is 1580 g/mol. The van der Waals surface area contributed by atoms with Gasteiger partial charge in [-0.05, 0) is 103 Å². The largest absolute Gasteiger partial charge is 0.463 e. The lowest BCUT2D eigenvalue weighted by molar-refractivity contribution is -0.378. The molecule has 2 rings (SSSR count). The highest BCUT2D eigenvalue weighted by Crippen LogP contribution is 2.37. The highest BCUT2D eigenvalue weighted by atomic mass is 16.8. The topological polar surface area (TPSA) is 753 Å². The Morgan fingerprint density at radius 3 is 0.577 bits per heavy atom. The van der Waals surface area contributed by atoms with Crippen molar-refractivity contribution in [2.45, 2.75) is 267 Å². The lowest BCUT2D eigenvalue weighted by Crippen LogP contribution is -2.67. The minimum absolute atomic E-state index is 0.109. The molecule has 43 heteroatoms. The highest BCUT2D eigenvalue weighted by Gasteiger charge is 2.58. The molecule has 0 radical (unpaired) electrons. The zero-order valence-electron chi connectivity index (χ0n) is 64.0. The minimum Gasteiger partial charge on any atom is -0.463 e. The lowest BCUT2D eigenvalue weighted by atomic mass is 9.96. The van der Waals surface area contributed by atoms with Gasteiger partial charge in [0.25, 0.3) is 0 Å². The molecule has 10 atom stereocenters. The number of aliphatic imine (C=N–C) groups is 8. The van der Waals surface area contributed by atoms with E-state index in [1.165, 1.54) is 0 Å². The maximum absolute atomic E-state index is 14.6. The van der Waals surface area contributed by atoms with E-state index in [0.717, 1.165) is 0 Å². The number of rotatable bonds is 60. The molecule has 2 aliphatic heterocycles. The number of nitrogens with two attached hydrogens (primary N) is 16. The summed E-state index contributed by atoms with van der Waals surface area (Å²) in [6.45, 7) is 0.428. The van der Waals surface area contributed by atoms with E-state index in [9.17, 15) is 38.4 Å². The van der Waals surface area contributed by atoms with Crippen molar-refractivity contribution in [3.63, 3.8) is 0 Å². The van der Waals surface area contributed by atoms with Gasteiger partial charge in [-0.2, -0.15) is 0 Å². The van der Waals surface area contributed by atoms with Crippen LogP contribution in [-0.2, 0) is 90.5 Å². The van der Waals surface area contributed by atoms with E-state index < -0.39 is 122 Å². The number of ether oxygens (including phenoxy) is 11. The molecule has 43 nitrogen and oxygen atoms in total. The zero-order chi connectivity index (χ0) is 82.1. The molecule has 2 saturated heterocycles. The second-order valence-electron chi connectivity index (χ2n) is 26.3. The number of hydrogen-bond acceptors (Lipinski definition) is 27. The second kappa shape index (κ2) is 58.7. The van der Waals surface area contributed by atoms with Crippen molar-refractivity contribution in [1.82, 2.24) is 0 Å². The fourth-order valence-corrected chi connectivity index (χ4v) is 11.1. The Labute approximate surface area is 647 Å². The molecule has 2 heterocycles. The summed E-state index contributed by atoms with van der Waals surface area (Å²) in [5.41, 5.74) is 88.7. The number of esters is 8. The smallest absolute Gasteiger partial charge is 0.306 e. The molecule has 0 unspecified atom stereocenters. The van der Waals surface area contributed by atoms with Crippen LogP contribution in [0.15, 0.2) is 39.9 Å². The van der Waals surface area contributed by atoms with Crippen molar-refractivity contribution >= 4 is 95.4 Å². The Hall–Kier alpha value is -10.2. The molecule has 32 N–H and O–H groups in total. The quantitative estimate of drug-likeness (QED) is 0.00999. The molecule has 2 fully saturated rings. The predicted molar refractivity (Wildman–Crippen MR) is 413 cm³/mol. The number of guanidine groups is 8. The van der Waals surface area contributed by atoms with Crippen molar-refractivity contribution < 1.29 is 90.5 Å². The molecule has 0 amide bonds. The number of nitrogens with zero attached hydrogens (tertiary/aromatic N) is 8. The molecule has 2 aliphatic rings. The van der Waals surface area contributed by atoms with Crippen LogP contribution in [0.5, 0.6) is 0 Å². The molecule has 0 spiro atoms. The molecule has 0 aromatic heterocycles. The van der Waals surface area contributed by atoms with Crippen LogP contribution in [0, 0.1) is 0 Å². The molecular weight excluding hydrogens is 1460 g/mol. The molecule has 0 bridgehead atoms. The van der Waals surface area contributed by atoms with Crippen molar-refractivity contribution in [1.29, 1.82) is 0 Å². The Balaban J connectivity index is 3.21. The van der Waals surface area contributed by atoms with E-state index >= 15 is 0 Å². The zero-order valence-corrected chi connectivity index (χ0v) is 64.0. The third kappa shape index (κ3) is 48.8. The van der Waals surface area contributed by atoms with E-state index in [1.807, 2.05) is 0 Å².